The summed E-state index contributed by atoms with van der Waals surface area (Å²) in [7, 11) is 0. The Hall–Kier alpha value is -0.900. The Morgan fingerprint density at radius 3 is 2.94 bits per heavy atom. The number of nitrogens with zero attached hydrogens (tertiary/aromatic N) is 1. The fourth-order valence-corrected chi connectivity index (χ4v) is 2.93. The fraction of sp³-hybridized carbons (Fsp3) is 0.357. The van der Waals surface area contributed by atoms with Crippen LogP contribution >= 0.6 is 22.9 Å². The molecule has 1 heterocycles. The molecule has 1 atom stereocenters. The molecule has 1 N–H and O–H groups in total. The highest BCUT2D eigenvalue weighted by molar-refractivity contribution is 7.09. The molecule has 0 saturated carbocycles. The van der Waals surface area contributed by atoms with Gasteiger partial charge < -0.3 is 5.32 Å². The van der Waals surface area contributed by atoms with Crippen molar-refractivity contribution in [2.24, 2.45) is 0 Å². The zero-order valence-corrected chi connectivity index (χ0v) is 12.0. The predicted molar refractivity (Wildman–Crippen MR) is 78.4 cm³/mol. The monoisotopic (exact) mass is 280 g/mol. The van der Waals surface area contributed by atoms with Crippen LogP contribution in [0.25, 0.3) is 0 Å². The van der Waals surface area contributed by atoms with E-state index in [0.717, 1.165) is 24.4 Å². The van der Waals surface area contributed by atoms with Gasteiger partial charge in [0.1, 0.15) is 0 Å². The lowest BCUT2D eigenvalue weighted by Gasteiger charge is -2.17. The maximum atomic E-state index is 6.02. The highest BCUT2D eigenvalue weighted by atomic mass is 35.5. The van der Waals surface area contributed by atoms with E-state index in [2.05, 4.69) is 23.3 Å². The Labute approximate surface area is 117 Å². The van der Waals surface area contributed by atoms with Crippen LogP contribution in [0, 0.1) is 0 Å². The molecule has 0 aliphatic heterocycles. The van der Waals surface area contributed by atoms with E-state index in [1.165, 1.54) is 10.4 Å². The summed E-state index contributed by atoms with van der Waals surface area (Å²) in [6, 6.07) is 8.53. The van der Waals surface area contributed by atoms with Crippen LogP contribution in [0.15, 0.2) is 36.0 Å². The zero-order valence-electron chi connectivity index (χ0n) is 10.4. The van der Waals surface area contributed by atoms with Crippen LogP contribution in [-0.4, -0.2) is 17.6 Å². The molecule has 1 unspecified atom stereocenters. The predicted octanol–water partition coefficient (Wildman–Crippen LogP) is 3.56. The van der Waals surface area contributed by atoms with Crippen LogP contribution in [0.4, 0.5) is 0 Å². The number of benzene rings is 1. The number of rotatable bonds is 6. The summed E-state index contributed by atoms with van der Waals surface area (Å²) in [5.74, 6) is 0. The molecule has 0 aliphatic carbocycles. The summed E-state index contributed by atoms with van der Waals surface area (Å²) >= 11 is 7.73. The van der Waals surface area contributed by atoms with Crippen LogP contribution < -0.4 is 5.32 Å². The molecule has 4 heteroatoms. The lowest BCUT2D eigenvalue weighted by molar-refractivity contribution is 0.524. The quantitative estimate of drug-likeness (QED) is 0.875. The molecule has 2 nitrogen and oxygen atoms in total. The van der Waals surface area contributed by atoms with E-state index in [-0.39, 0.29) is 0 Å². The molecule has 0 fully saturated rings. The Bertz CT molecular complexity index is 470. The second-order valence-electron chi connectivity index (χ2n) is 4.26. The molecule has 0 radical (unpaired) electrons. The van der Waals surface area contributed by atoms with Crippen molar-refractivity contribution in [2.75, 3.05) is 6.54 Å². The number of hydrogen-bond acceptors (Lipinski definition) is 3. The number of halogens is 1. The molecule has 0 spiro atoms. The average molecular weight is 281 g/mol. The second kappa shape index (κ2) is 6.88. The summed E-state index contributed by atoms with van der Waals surface area (Å²) in [5, 5.41) is 4.33. The Kier molecular flexibility index (Phi) is 5.17. The summed E-state index contributed by atoms with van der Waals surface area (Å²) in [4.78, 5) is 5.45. The van der Waals surface area contributed by atoms with Crippen molar-refractivity contribution in [1.82, 2.24) is 10.3 Å². The maximum absolute atomic E-state index is 6.02. The Morgan fingerprint density at radius 1 is 1.39 bits per heavy atom. The number of aromatic nitrogens is 1. The van der Waals surface area contributed by atoms with E-state index in [1.54, 1.807) is 11.3 Å². The molecular weight excluding hydrogens is 264 g/mol. The Morgan fingerprint density at radius 2 is 2.28 bits per heavy atom. The second-order valence-corrected chi connectivity index (χ2v) is 5.67. The first-order valence-electron chi connectivity index (χ1n) is 6.13. The van der Waals surface area contributed by atoms with E-state index in [1.807, 2.05) is 29.9 Å². The van der Waals surface area contributed by atoms with Crippen LogP contribution in [0.5, 0.6) is 0 Å². The van der Waals surface area contributed by atoms with Gasteiger partial charge in [-0.05, 0) is 37.1 Å². The molecule has 2 aromatic rings. The smallest absolute Gasteiger partial charge is 0.0794 e. The molecule has 0 saturated heterocycles. The first-order valence-corrected chi connectivity index (χ1v) is 7.39. The van der Waals surface area contributed by atoms with Gasteiger partial charge in [0.05, 0.1) is 5.51 Å². The first-order chi connectivity index (χ1) is 8.78. The minimum Gasteiger partial charge on any atom is -0.314 e. The lowest BCUT2D eigenvalue weighted by Crippen LogP contribution is -2.32. The van der Waals surface area contributed by atoms with Crippen molar-refractivity contribution in [2.45, 2.75) is 25.8 Å². The largest absolute Gasteiger partial charge is 0.314 e. The SMILES string of the molecule is CCNC(Cc1cccc(Cl)c1)Cc1cncs1. The highest BCUT2D eigenvalue weighted by Gasteiger charge is 2.10. The van der Waals surface area contributed by atoms with Gasteiger partial charge in [0, 0.05) is 22.1 Å². The standard InChI is InChI=1S/C14H17ClN2S/c1-2-17-13(8-14-9-16-10-18-14)7-11-4-3-5-12(15)6-11/h3-6,9-10,13,17H,2,7-8H2,1H3. The maximum Gasteiger partial charge on any atom is 0.0794 e. The van der Waals surface area contributed by atoms with Gasteiger partial charge in [0.15, 0.2) is 0 Å². The third-order valence-electron chi connectivity index (χ3n) is 2.79. The van der Waals surface area contributed by atoms with Gasteiger partial charge in [-0.2, -0.15) is 0 Å². The van der Waals surface area contributed by atoms with Gasteiger partial charge in [-0.25, -0.2) is 0 Å². The molecule has 96 valence electrons. The third-order valence-corrected chi connectivity index (χ3v) is 3.83. The van der Waals surface area contributed by atoms with Crippen molar-refractivity contribution in [3.8, 4) is 0 Å². The van der Waals surface area contributed by atoms with Crippen molar-refractivity contribution < 1.29 is 0 Å². The van der Waals surface area contributed by atoms with Gasteiger partial charge in [0.25, 0.3) is 0 Å². The van der Waals surface area contributed by atoms with E-state index in [0.29, 0.717) is 6.04 Å². The minimum atomic E-state index is 0.439. The number of thiazole rings is 1. The summed E-state index contributed by atoms with van der Waals surface area (Å²) in [5.41, 5.74) is 3.16. The van der Waals surface area contributed by atoms with Crippen LogP contribution in [-0.2, 0) is 12.8 Å². The van der Waals surface area contributed by atoms with Crippen LogP contribution in [0.1, 0.15) is 17.4 Å². The fourth-order valence-electron chi connectivity index (χ4n) is 2.04. The molecule has 18 heavy (non-hydrogen) atoms. The van der Waals surface area contributed by atoms with Gasteiger partial charge in [-0.1, -0.05) is 30.7 Å². The van der Waals surface area contributed by atoms with Gasteiger partial charge in [-0.15, -0.1) is 11.3 Å². The van der Waals surface area contributed by atoms with E-state index >= 15 is 0 Å². The molecule has 0 bridgehead atoms. The number of likely N-dealkylation sites (N-methyl/N-ethyl adjacent to an activating group) is 1. The molecule has 0 aliphatic rings. The Balaban J connectivity index is 2.01. The van der Waals surface area contributed by atoms with E-state index < -0.39 is 0 Å². The molecule has 0 amide bonds. The van der Waals surface area contributed by atoms with Crippen molar-refractivity contribution in [1.29, 1.82) is 0 Å². The van der Waals surface area contributed by atoms with Crippen molar-refractivity contribution in [3.63, 3.8) is 0 Å². The van der Waals surface area contributed by atoms with E-state index in [9.17, 15) is 0 Å². The summed E-state index contributed by atoms with van der Waals surface area (Å²) in [6.45, 7) is 3.11. The molecule has 1 aromatic carbocycles. The number of nitrogens with one attached hydrogen (secondary N) is 1. The van der Waals surface area contributed by atoms with Crippen LogP contribution in [0.3, 0.4) is 0 Å². The summed E-state index contributed by atoms with van der Waals surface area (Å²) in [6.07, 6.45) is 3.96. The minimum absolute atomic E-state index is 0.439. The van der Waals surface area contributed by atoms with Crippen molar-refractivity contribution >= 4 is 22.9 Å². The van der Waals surface area contributed by atoms with Crippen LogP contribution in [0.2, 0.25) is 5.02 Å². The van der Waals surface area contributed by atoms with Gasteiger partial charge in [0.2, 0.25) is 0 Å². The molecule has 2 rings (SSSR count). The number of hydrogen-bond donors (Lipinski definition) is 1. The molecule has 1 aromatic heterocycles. The van der Waals surface area contributed by atoms with Crippen molar-refractivity contribution in [3.05, 3.63) is 51.4 Å². The summed E-state index contributed by atoms with van der Waals surface area (Å²) < 4.78 is 0. The third kappa shape index (κ3) is 4.09. The first kappa shape index (κ1) is 13.5. The average Bonchev–Trinajstić information content (AvgIpc) is 2.82. The lowest BCUT2D eigenvalue weighted by atomic mass is 10.0. The zero-order chi connectivity index (χ0) is 12.8. The molecular formula is C14H17ClN2S. The van der Waals surface area contributed by atoms with Gasteiger partial charge >= 0.3 is 0 Å². The topological polar surface area (TPSA) is 24.9 Å². The highest BCUT2D eigenvalue weighted by Crippen LogP contribution is 2.15. The normalized spacial score (nSPS) is 12.6. The van der Waals surface area contributed by atoms with E-state index in [4.69, 9.17) is 11.6 Å². The van der Waals surface area contributed by atoms with Gasteiger partial charge in [-0.3, -0.25) is 4.98 Å².